The molecule has 29 heavy (non-hydrogen) atoms. The van der Waals surface area contributed by atoms with Crippen molar-refractivity contribution in [2.45, 2.75) is 76.9 Å². The van der Waals surface area contributed by atoms with E-state index >= 15 is 0 Å². The summed E-state index contributed by atoms with van der Waals surface area (Å²) < 4.78 is 1.25. The number of pyridine rings is 1. The number of thiophene rings is 1. The molecule has 4 nitrogen and oxygen atoms in total. The predicted molar refractivity (Wildman–Crippen MR) is 126 cm³/mol. The summed E-state index contributed by atoms with van der Waals surface area (Å²) in [6.07, 6.45) is 10.6. The Bertz CT molecular complexity index is 1070. The van der Waals surface area contributed by atoms with Crippen molar-refractivity contribution in [3.63, 3.8) is 0 Å². The number of rotatable bonds is 4. The van der Waals surface area contributed by atoms with Crippen molar-refractivity contribution in [3.8, 4) is 0 Å². The third-order valence-corrected chi connectivity index (χ3v) is 8.06. The van der Waals surface area contributed by atoms with Gasteiger partial charge in [0.2, 0.25) is 0 Å². The van der Waals surface area contributed by atoms with Gasteiger partial charge in [0.25, 0.3) is 0 Å². The normalized spacial score (nSPS) is 19.6. The highest BCUT2D eigenvalue weighted by Crippen LogP contribution is 2.44. The number of aryl methyl sites for hydroxylation is 1. The monoisotopic (exact) mass is 426 g/mol. The van der Waals surface area contributed by atoms with Gasteiger partial charge in [-0.15, -0.1) is 11.3 Å². The molecule has 3 aromatic rings. The van der Waals surface area contributed by atoms with Crippen LogP contribution in [0.4, 0.5) is 5.82 Å². The van der Waals surface area contributed by atoms with Crippen LogP contribution in [0.5, 0.6) is 0 Å². The van der Waals surface area contributed by atoms with Gasteiger partial charge >= 0.3 is 0 Å². The predicted octanol–water partition coefficient (Wildman–Crippen LogP) is 6.03. The molecule has 1 saturated heterocycles. The van der Waals surface area contributed by atoms with Crippen LogP contribution in [0.3, 0.4) is 0 Å². The van der Waals surface area contributed by atoms with Crippen molar-refractivity contribution in [2.24, 2.45) is 5.92 Å². The lowest BCUT2D eigenvalue weighted by molar-refractivity contribution is 0.481. The number of fused-ring (bicyclic) bond motifs is 5. The third kappa shape index (κ3) is 3.32. The van der Waals surface area contributed by atoms with Crippen LogP contribution in [0, 0.1) is 5.92 Å². The first kappa shape index (κ1) is 19.6. The van der Waals surface area contributed by atoms with E-state index < -0.39 is 0 Å². The molecule has 0 unspecified atom stereocenters. The van der Waals surface area contributed by atoms with Gasteiger partial charge in [0.15, 0.2) is 11.0 Å². The zero-order valence-corrected chi connectivity index (χ0v) is 19.5. The molecule has 0 radical (unpaired) electrons. The van der Waals surface area contributed by atoms with Crippen molar-refractivity contribution >= 4 is 49.3 Å². The van der Waals surface area contributed by atoms with E-state index in [1.54, 1.807) is 11.8 Å². The maximum Gasteiger partial charge on any atom is 0.189 e. The molecule has 1 fully saturated rings. The lowest BCUT2D eigenvalue weighted by atomic mass is 9.99. The second-order valence-electron chi connectivity index (χ2n) is 9.00. The topological polar surface area (TPSA) is 41.9 Å². The molecule has 4 heterocycles. The summed E-state index contributed by atoms with van der Waals surface area (Å²) in [6.45, 7) is 8.03. The van der Waals surface area contributed by atoms with Crippen LogP contribution < -0.4 is 4.90 Å². The van der Waals surface area contributed by atoms with E-state index in [1.807, 2.05) is 11.3 Å². The minimum atomic E-state index is 0.539. The molecule has 5 rings (SSSR count). The fraction of sp³-hybridized carbons (Fsp3) is 0.609. The summed E-state index contributed by atoms with van der Waals surface area (Å²) in [5, 5.41) is 2.22. The van der Waals surface area contributed by atoms with Gasteiger partial charge < -0.3 is 4.90 Å². The van der Waals surface area contributed by atoms with Crippen molar-refractivity contribution in [2.75, 3.05) is 17.7 Å². The molecule has 0 amide bonds. The smallest absolute Gasteiger partial charge is 0.189 e. The molecule has 6 heteroatoms. The highest BCUT2D eigenvalue weighted by atomic mass is 32.2. The summed E-state index contributed by atoms with van der Waals surface area (Å²) in [5.74, 6) is 1.78. The molecule has 0 bridgehead atoms. The molecule has 0 aromatic carbocycles. The zero-order chi connectivity index (χ0) is 20.1. The van der Waals surface area contributed by atoms with Gasteiger partial charge in [-0.1, -0.05) is 25.6 Å². The van der Waals surface area contributed by atoms with E-state index in [2.05, 4.69) is 31.9 Å². The molecular weight excluding hydrogens is 396 g/mol. The van der Waals surface area contributed by atoms with Crippen LogP contribution in [0.2, 0.25) is 0 Å². The number of nitrogens with zero attached hydrogens (tertiary/aromatic N) is 4. The Kier molecular flexibility index (Phi) is 5.19. The maximum atomic E-state index is 5.21. The average molecular weight is 427 g/mol. The molecule has 0 N–H and O–H groups in total. The highest BCUT2D eigenvalue weighted by molar-refractivity contribution is 7.98. The Balaban J connectivity index is 1.78. The largest absolute Gasteiger partial charge is 0.353 e. The molecule has 1 aliphatic carbocycles. The van der Waals surface area contributed by atoms with Crippen LogP contribution in [0.15, 0.2) is 5.16 Å². The first-order chi connectivity index (χ1) is 14.1. The molecule has 0 spiro atoms. The molecular formula is C23H30N4S2. The number of hydrogen-bond donors (Lipinski definition) is 0. The number of thioether (sulfide) groups is 1. The van der Waals surface area contributed by atoms with Crippen LogP contribution in [0.25, 0.3) is 20.4 Å². The van der Waals surface area contributed by atoms with Gasteiger partial charge in [-0.25, -0.2) is 15.0 Å². The van der Waals surface area contributed by atoms with E-state index in [0.29, 0.717) is 12.0 Å². The Morgan fingerprint density at radius 3 is 2.69 bits per heavy atom. The van der Waals surface area contributed by atoms with Gasteiger partial charge in [-0.2, -0.15) is 0 Å². The van der Waals surface area contributed by atoms with Gasteiger partial charge in [0, 0.05) is 23.7 Å². The molecule has 154 valence electrons. The van der Waals surface area contributed by atoms with Crippen LogP contribution >= 0.6 is 23.1 Å². The van der Waals surface area contributed by atoms with E-state index in [9.17, 15) is 0 Å². The summed E-state index contributed by atoms with van der Waals surface area (Å²) in [7, 11) is 0. The summed E-state index contributed by atoms with van der Waals surface area (Å²) in [5.41, 5.74) is 5.53. The van der Waals surface area contributed by atoms with Crippen molar-refractivity contribution < 1.29 is 0 Å². The first-order valence-electron chi connectivity index (χ1n) is 11.0. The fourth-order valence-corrected chi connectivity index (χ4v) is 6.59. The van der Waals surface area contributed by atoms with Crippen LogP contribution in [0.1, 0.15) is 63.3 Å². The lowest BCUT2D eigenvalue weighted by Crippen LogP contribution is -2.38. The van der Waals surface area contributed by atoms with Crippen LogP contribution in [-0.4, -0.2) is 33.8 Å². The Labute approximate surface area is 181 Å². The quantitative estimate of drug-likeness (QED) is 0.376. The minimum Gasteiger partial charge on any atom is -0.353 e. The lowest BCUT2D eigenvalue weighted by Gasteiger charge is -2.34. The summed E-state index contributed by atoms with van der Waals surface area (Å²) in [4.78, 5) is 19.0. The van der Waals surface area contributed by atoms with Crippen molar-refractivity contribution in [1.29, 1.82) is 0 Å². The number of anilines is 1. The highest BCUT2D eigenvalue weighted by Gasteiger charge is 2.28. The fourth-order valence-electron chi connectivity index (χ4n) is 5.06. The van der Waals surface area contributed by atoms with E-state index in [-0.39, 0.29) is 0 Å². The van der Waals surface area contributed by atoms with E-state index in [0.717, 1.165) is 29.5 Å². The van der Waals surface area contributed by atoms with Gasteiger partial charge in [-0.3, -0.25) is 0 Å². The SMILES string of the molecule is CSc1nc(N2CCCC[C@H]2C)c2sc3nc(CC(C)C)c4c(c3c2n1)CCC4. The second-order valence-corrected chi connectivity index (χ2v) is 10.8. The molecule has 3 aromatic heterocycles. The Hall–Kier alpha value is -1.40. The minimum absolute atomic E-state index is 0.539. The maximum absolute atomic E-state index is 5.21. The van der Waals surface area contributed by atoms with Gasteiger partial charge in [0.05, 0.1) is 10.2 Å². The average Bonchev–Trinajstić information content (AvgIpc) is 3.31. The van der Waals surface area contributed by atoms with Crippen LogP contribution in [-0.2, 0) is 19.3 Å². The second kappa shape index (κ2) is 7.69. The Morgan fingerprint density at radius 2 is 1.93 bits per heavy atom. The third-order valence-electron chi connectivity index (χ3n) is 6.44. The zero-order valence-electron chi connectivity index (χ0n) is 17.9. The van der Waals surface area contributed by atoms with Crippen molar-refractivity contribution in [3.05, 3.63) is 16.8 Å². The molecule has 0 saturated carbocycles. The van der Waals surface area contributed by atoms with Gasteiger partial charge in [0.1, 0.15) is 4.83 Å². The number of piperidine rings is 1. The number of aromatic nitrogens is 3. The summed E-state index contributed by atoms with van der Waals surface area (Å²) >= 11 is 3.48. The van der Waals surface area contributed by atoms with E-state index in [1.165, 1.54) is 70.3 Å². The Morgan fingerprint density at radius 1 is 1.10 bits per heavy atom. The summed E-state index contributed by atoms with van der Waals surface area (Å²) in [6, 6.07) is 0.539. The van der Waals surface area contributed by atoms with Gasteiger partial charge in [-0.05, 0) is 75.2 Å². The standard InChI is InChI=1S/C23H30N4S2/c1-13(2)12-17-15-9-7-10-16(15)18-19-20(29-22(18)24-17)21(26-23(25-19)28-4)27-11-6-5-8-14(27)3/h13-14H,5-12H2,1-4H3/t14-/m1/s1. The molecule has 1 atom stereocenters. The first-order valence-corrected chi connectivity index (χ1v) is 13.1. The molecule has 1 aliphatic heterocycles. The van der Waals surface area contributed by atoms with E-state index in [4.69, 9.17) is 15.0 Å². The number of hydrogen-bond acceptors (Lipinski definition) is 6. The molecule has 2 aliphatic rings. The van der Waals surface area contributed by atoms with Crippen molar-refractivity contribution in [1.82, 2.24) is 15.0 Å².